The Morgan fingerprint density at radius 1 is 1.23 bits per heavy atom. The second-order valence-electron chi connectivity index (χ2n) is 4.10. The number of carbonyl (C=O) groups is 1. The largest absolute Gasteiger partial charge is 0.478 e. The number of aromatic carboxylic acids is 1. The van der Waals surface area contributed by atoms with E-state index in [-0.39, 0.29) is 26.8 Å². The Kier molecular flexibility index (Phi) is 4.35. The summed E-state index contributed by atoms with van der Waals surface area (Å²) in [7, 11) is -4.27. The molecular formula is C14H8ClNO5S. The highest BCUT2D eigenvalue weighted by atomic mass is 35.5. The Balaban J connectivity index is 2.42. The van der Waals surface area contributed by atoms with E-state index < -0.39 is 16.1 Å². The number of hydrogen-bond acceptors (Lipinski definition) is 5. The van der Waals surface area contributed by atoms with Crippen molar-refractivity contribution in [2.45, 2.75) is 4.90 Å². The standard InChI is InChI=1S/C14H8ClNO5S/c15-11-7-9(14(17)18)5-6-12(11)21-22(19,20)13-4-2-1-3-10(13)8-16/h1-7H,(H,17,18). The third-order valence-corrected chi connectivity index (χ3v) is 4.24. The van der Waals surface area contributed by atoms with Gasteiger partial charge in [-0.1, -0.05) is 23.7 Å². The van der Waals surface area contributed by atoms with E-state index in [1.807, 2.05) is 0 Å². The minimum atomic E-state index is -4.27. The predicted molar refractivity (Wildman–Crippen MR) is 77.4 cm³/mol. The fraction of sp³-hybridized carbons (Fsp3) is 0. The lowest BCUT2D eigenvalue weighted by Crippen LogP contribution is -2.12. The van der Waals surface area contributed by atoms with Gasteiger partial charge in [0.1, 0.15) is 11.0 Å². The molecule has 8 heteroatoms. The van der Waals surface area contributed by atoms with Gasteiger partial charge in [0.15, 0.2) is 5.75 Å². The summed E-state index contributed by atoms with van der Waals surface area (Å²) in [5.74, 6) is -1.43. The maximum absolute atomic E-state index is 12.2. The lowest BCUT2D eigenvalue weighted by atomic mass is 10.2. The number of carboxylic acids is 1. The van der Waals surface area contributed by atoms with Crippen LogP contribution in [-0.2, 0) is 10.1 Å². The third kappa shape index (κ3) is 3.19. The van der Waals surface area contributed by atoms with E-state index in [4.69, 9.17) is 26.2 Å². The van der Waals surface area contributed by atoms with Crippen LogP contribution in [0.5, 0.6) is 5.75 Å². The number of rotatable bonds is 4. The molecule has 0 saturated heterocycles. The molecule has 0 aliphatic heterocycles. The molecule has 2 rings (SSSR count). The molecule has 0 heterocycles. The van der Waals surface area contributed by atoms with Gasteiger partial charge in [0.2, 0.25) is 0 Å². The van der Waals surface area contributed by atoms with Crippen molar-refractivity contribution in [2.24, 2.45) is 0 Å². The Bertz CT molecular complexity index is 886. The summed E-state index contributed by atoms with van der Waals surface area (Å²) in [6, 6.07) is 10.7. The van der Waals surface area contributed by atoms with Crippen molar-refractivity contribution in [3.05, 3.63) is 58.6 Å². The van der Waals surface area contributed by atoms with Gasteiger partial charge in [-0.3, -0.25) is 0 Å². The van der Waals surface area contributed by atoms with Crippen LogP contribution in [0.3, 0.4) is 0 Å². The number of nitriles is 1. The van der Waals surface area contributed by atoms with E-state index in [0.29, 0.717) is 0 Å². The van der Waals surface area contributed by atoms with Gasteiger partial charge in [-0.25, -0.2) is 4.79 Å². The van der Waals surface area contributed by atoms with Crippen LogP contribution in [0, 0.1) is 11.3 Å². The van der Waals surface area contributed by atoms with Crippen LogP contribution in [-0.4, -0.2) is 19.5 Å². The molecular weight excluding hydrogens is 330 g/mol. The van der Waals surface area contributed by atoms with Crippen LogP contribution in [0.4, 0.5) is 0 Å². The molecule has 2 aromatic rings. The molecule has 0 aliphatic carbocycles. The summed E-state index contributed by atoms with van der Waals surface area (Å²) < 4.78 is 29.3. The average Bonchev–Trinajstić information content (AvgIpc) is 2.49. The molecule has 0 radical (unpaired) electrons. The van der Waals surface area contributed by atoms with Crippen LogP contribution < -0.4 is 4.18 Å². The summed E-state index contributed by atoms with van der Waals surface area (Å²) in [4.78, 5) is 10.5. The molecule has 1 N–H and O–H groups in total. The maximum atomic E-state index is 12.2. The molecule has 2 aromatic carbocycles. The maximum Gasteiger partial charge on any atom is 0.340 e. The van der Waals surface area contributed by atoms with E-state index in [1.165, 1.54) is 24.3 Å². The van der Waals surface area contributed by atoms with E-state index in [1.54, 1.807) is 6.07 Å². The SMILES string of the molecule is N#Cc1ccccc1S(=O)(=O)Oc1ccc(C(=O)O)cc1Cl. The van der Waals surface area contributed by atoms with Gasteiger partial charge in [0.05, 0.1) is 16.1 Å². The van der Waals surface area contributed by atoms with Crippen LogP contribution >= 0.6 is 11.6 Å². The molecule has 0 aliphatic rings. The predicted octanol–water partition coefficient (Wildman–Crippen LogP) is 2.68. The van der Waals surface area contributed by atoms with Crippen molar-refractivity contribution in [1.82, 2.24) is 0 Å². The molecule has 0 bridgehead atoms. The molecule has 22 heavy (non-hydrogen) atoms. The Labute approximate surface area is 131 Å². The summed E-state index contributed by atoms with van der Waals surface area (Å²) >= 11 is 5.82. The molecule has 0 aromatic heterocycles. The molecule has 0 saturated carbocycles. The zero-order chi connectivity index (χ0) is 16.3. The number of benzene rings is 2. The van der Waals surface area contributed by atoms with Crippen LogP contribution in [0.15, 0.2) is 47.4 Å². The van der Waals surface area contributed by atoms with Gasteiger partial charge in [-0.2, -0.15) is 13.7 Å². The summed E-state index contributed by atoms with van der Waals surface area (Å²) in [6.07, 6.45) is 0. The molecule has 0 unspecified atom stereocenters. The Hall–Kier alpha value is -2.56. The third-order valence-electron chi connectivity index (χ3n) is 2.66. The first kappa shape index (κ1) is 15.8. The topological polar surface area (TPSA) is 104 Å². The van der Waals surface area contributed by atoms with Gasteiger partial charge >= 0.3 is 16.1 Å². The second kappa shape index (κ2) is 6.05. The van der Waals surface area contributed by atoms with Gasteiger partial charge in [0, 0.05) is 0 Å². The monoisotopic (exact) mass is 337 g/mol. The number of halogens is 1. The Morgan fingerprint density at radius 2 is 1.91 bits per heavy atom. The van der Waals surface area contributed by atoms with Crippen molar-refractivity contribution in [1.29, 1.82) is 5.26 Å². The van der Waals surface area contributed by atoms with E-state index in [2.05, 4.69) is 0 Å². The minimum absolute atomic E-state index is 0.0687. The molecule has 6 nitrogen and oxygen atoms in total. The first-order chi connectivity index (χ1) is 10.3. The lowest BCUT2D eigenvalue weighted by Gasteiger charge is -2.09. The smallest absolute Gasteiger partial charge is 0.340 e. The van der Waals surface area contributed by atoms with Gasteiger partial charge in [0.25, 0.3) is 0 Å². The Morgan fingerprint density at radius 3 is 2.50 bits per heavy atom. The number of hydrogen-bond donors (Lipinski definition) is 1. The lowest BCUT2D eigenvalue weighted by molar-refractivity contribution is 0.0697. The first-order valence-electron chi connectivity index (χ1n) is 5.81. The fourth-order valence-corrected chi connectivity index (χ4v) is 3.01. The number of carboxylic acid groups (broad SMARTS) is 1. The van der Waals surface area contributed by atoms with Crippen molar-refractivity contribution < 1.29 is 22.5 Å². The zero-order valence-electron chi connectivity index (χ0n) is 10.9. The highest BCUT2D eigenvalue weighted by molar-refractivity contribution is 7.87. The van der Waals surface area contributed by atoms with E-state index >= 15 is 0 Å². The molecule has 0 atom stereocenters. The van der Waals surface area contributed by atoms with Gasteiger partial charge < -0.3 is 9.29 Å². The van der Waals surface area contributed by atoms with Crippen molar-refractivity contribution in [2.75, 3.05) is 0 Å². The normalized spacial score (nSPS) is 10.7. The van der Waals surface area contributed by atoms with Gasteiger partial charge in [-0.05, 0) is 30.3 Å². The molecule has 0 fully saturated rings. The van der Waals surface area contributed by atoms with Crippen LogP contribution in [0.25, 0.3) is 0 Å². The van der Waals surface area contributed by atoms with E-state index in [9.17, 15) is 13.2 Å². The van der Waals surface area contributed by atoms with Crippen molar-refractivity contribution >= 4 is 27.7 Å². The van der Waals surface area contributed by atoms with Crippen LogP contribution in [0.2, 0.25) is 5.02 Å². The summed E-state index contributed by atoms with van der Waals surface area (Å²) in [6.45, 7) is 0. The molecule has 0 spiro atoms. The highest BCUT2D eigenvalue weighted by Crippen LogP contribution is 2.29. The molecule has 112 valence electrons. The highest BCUT2D eigenvalue weighted by Gasteiger charge is 2.22. The van der Waals surface area contributed by atoms with E-state index in [0.717, 1.165) is 18.2 Å². The quantitative estimate of drug-likeness (QED) is 0.860. The first-order valence-corrected chi connectivity index (χ1v) is 7.60. The van der Waals surface area contributed by atoms with Crippen molar-refractivity contribution in [3.63, 3.8) is 0 Å². The van der Waals surface area contributed by atoms with Gasteiger partial charge in [-0.15, -0.1) is 0 Å². The fourth-order valence-electron chi connectivity index (χ4n) is 1.64. The summed E-state index contributed by atoms with van der Waals surface area (Å²) in [5, 5.41) is 17.6. The van der Waals surface area contributed by atoms with Crippen molar-refractivity contribution in [3.8, 4) is 11.8 Å². The average molecular weight is 338 g/mol. The summed E-state index contributed by atoms with van der Waals surface area (Å²) in [5.41, 5.74) is -0.173. The number of nitrogens with zero attached hydrogens (tertiary/aromatic N) is 1. The molecule has 0 amide bonds. The minimum Gasteiger partial charge on any atom is -0.478 e. The van der Waals surface area contributed by atoms with Crippen LogP contribution in [0.1, 0.15) is 15.9 Å². The zero-order valence-corrected chi connectivity index (χ0v) is 12.4. The second-order valence-corrected chi connectivity index (χ2v) is 6.02.